The smallest absolute Gasteiger partial charge is 0.329 e. The fourth-order valence-electron chi connectivity index (χ4n) is 2.52. The monoisotopic (exact) mass is 333 g/mol. The lowest BCUT2D eigenvalue weighted by molar-refractivity contribution is -0.138. The number of carboxylic acid groups (broad SMARTS) is 1. The number of amides is 1. The normalized spacial score (nSPS) is 12.3. The summed E-state index contributed by atoms with van der Waals surface area (Å²) in [5.41, 5.74) is -0.890. The number of aliphatic carboxylic acids is 1. The summed E-state index contributed by atoms with van der Waals surface area (Å²) in [6, 6.07) is 5.43. The molecule has 0 saturated carbocycles. The van der Waals surface area contributed by atoms with E-state index in [9.17, 15) is 19.2 Å². The van der Waals surface area contributed by atoms with Crippen LogP contribution >= 0.6 is 0 Å². The van der Waals surface area contributed by atoms with Crippen LogP contribution in [0.25, 0.3) is 10.9 Å². The maximum Gasteiger partial charge on any atom is 0.329 e. The zero-order chi connectivity index (χ0) is 17.9. The molecule has 1 atom stereocenters. The molecule has 0 aliphatic rings. The van der Waals surface area contributed by atoms with E-state index in [1.807, 2.05) is 13.8 Å². The van der Waals surface area contributed by atoms with E-state index in [-0.39, 0.29) is 17.7 Å². The Bertz CT molecular complexity index is 881. The molecule has 0 aliphatic carbocycles. The van der Waals surface area contributed by atoms with Crippen LogP contribution in [0.3, 0.4) is 0 Å². The predicted octanol–water partition coefficient (Wildman–Crippen LogP) is 0.478. The lowest BCUT2D eigenvalue weighted by Gasteiger charge is -2.20. The fraction of sp³-hybridized carbons (Fsp3) is 0.375. The third kappa shape index (κ3) is 3.70. The SMILES string of the molecule is CC(C)CC(C(=O)NCC(=O)O)n1c(=O)[nH]c2ccccc2c1=O. The Hall–Kier alpha value is -2.90. The summed E-state index contributed by atoms with van der Waals surface area (Å²) < 4.78 is 0.861. The van der Waals surface area contributed by atoms with Crippen molar-refractivity contribution in [3.8, 4) is 0 Å². The van der Waals surface area contributed by atoms with Crippen LogP contribution in [-0.4, -0.2) is 33.1 Å². The molecule has 24 heavy (non-hydrogen) atoms. The van der Waals surface area contributed by atoms with Crippen LogP contribution in [0.2, 0.25) is 0 Å². The summed E-state index contributed by atoms with van der Waals surface area (Å²) in [7, 11) is 0. The van der Waals surface area contributed by atoms with Crippen molar-refractivity contribution in [3.63, 3.8) is 0 Å². The van der Waals surface area contributed by atoms with E-state index in [1.54, 1.807) is 24.3 Å². The molecule has 8 nitrogen and oxygen atoms in total. The number of nitrogens with one attached hydrogen (secondary N) is 2. The highest BCUT2D eigenvalue weighted by molar-refractivity contribution is 5.84. The molecule has 1 amide bonds. The molecule has 1 heterocycles. The van der Waals surface area contributed by atoms with Crippen LogP contribution in [0.5, 0.6) is 0 Å². The third-order valence-corrected chi connectivity index (χ3v) is 3.56. The second kappa shape index (κ2) is 7.12. The summed E-state index contributed by atoms with van der Waals surface area (Å²) in [5, 5.41) is 11.2. The Morgan fingerprint density at radius 1 is 1.25 bits per heavy atom. The molecule has 1 aromatic heterocycles. The maximum atomic E-state index is 12.7. The van der Waals surface area contributed by atoms with E-state index in [0.717, 1.165) is 4.57 Å². The Labute approximate surface area is 137 Å². The Balaban J connectivity index is 2.55. The van der Waals surface area contributed by atoms with Crippen LogP contribution in [0.4, 0.5) is 0 Å². The third-order valence-electron chi connectivity index (χ3n) is 3.56. The summed E-state index contributed by atoms with van der Waals surface area (Å²) in [6.07, 6.45) is 0.229. The van der Waals surface area contributed by atoms with Gasteiger partial charge in [-0.3, -0.25) is 14.4 Å². The topological polar surface area (TPSA) is 121 Å². The van der Waals surface area contributed by atoms with Gasteiger partial charge in [-0.05, 0) is 24.5 Å². The minimum atomic E-state index is -1.20. The molecule has 0 fully saturated rings. The van der Waals surface area contributed by atoms with Crippen molar-refractivity contribution < 1.29 is 14.7 Å². The molecule has 0 saturated heterocycles. The fourth-order valence-corrected chi connectivity index (χ4v) is 2.52. The number of para-hydroxylation sites is 1. The van der Waals surface area contributed by atoms with Gasteiger partial charge in [0.1, 0.15) is 12.6 Å². The summed E-state index contributed by atoms with van der Waals surface area (Å²) >= 11 is 0. The number of rotatable bonds is 6. The van der Waals surface area contributed by atoms with Crippen molar-refractivity contribution in [3.05, 3.63) is 45.1 Å². The van der Waals surface area contributed by atoms with Crippen LogP contribution in [0.15, 0.2) is 33.9 Å². The van der Waals surface area contributed by atoms with Gasteiger partial charge in [-0.2, -0.15) is 0 Å². The quantitative estimate of drug-likeness (QED) is 0.710. The van der Waals surface area contributed by atoms with Crippen molar-refractivity contribution in [2.24, 2.45) is 5.92 Å². The summed E-state index contributed by atoms with van der Waals surface area (Å²) in [6.45, 7) is 3.11. The van der Waals surface area contributed by atoms with Gasteiger partial charge in [-0.15, -0.1) is 0 Å². The molecule has 8 heteroatoms. The van der Waals surface area contributed by atoms with Gasteiger partial charge in [0.2, 0.25) is 5.91 Å². The van der Waals surface area contributed by atoms with Gasteiger partial charge in [0, 0.05) is 0 Å². The first-order valence-corrected chi connectivity index (χ1v) is 7.54. The molecular weight excluding hydrogens is 314 g/mol. The second-order valence-corrected chi connectivity index (χ2v) is 5.91. The number of hydrogen-bond donors (Lipinski definition) is 3. The van der Waals surface area contributed by atoms with E-state index in [0.29, 0.717) is 5.52 Å². The number of aromatic amines is 1. The molecule has 3 N–H and O–H groups in total. The average Bonchev–Trinajstić information content (AvgIpc) is 2.51. The number of carboxylic acids is 1. The zero-order valence-corrected chi connectivity index (χ0v) is 13.4. The van der Waals surface area contributed by atoms with Crippen LogP contribution in [0, 0.1) is 5.92 Å². The standard InChI is InChI=1S/C16H19N3O5/c1-9(2)7-12(14(22)17-8-13(20)21)19-15(23)10-5-3-4-6-11(10)18-16(19)24/h3-6,9,12H,7-8H2,1-2H3,(H,17,22)(H,18,24)(H,20,21). The average molecular weight is 333 g/mol. The van der Waals surface area contributed by atoms with Crippen molar-refractivity contribution in [1.82, 2.24) is 14.9 Å². The summed E-state index contributed by atoms with van der Waals surface area (Å²) in [5.74, 6) is -1.86. The van der Waals surface area contributed by atoms with Gasteiger partial charge in [-0.1, -0.05) is 26.0 Å². The van der Waals surface area contributed by atoms with E-state index >= 15 is 0 Å². The van der Waals surface area contributed by atoms with Crippen molar-refractivity contribution in [1.29, 1.82) is 0 Å². The lowest BCUT2D eigenvalue weighted by Crippen LogP contribution is -2.45. The number of benzene rings is 1. The molecule has 0 bridgehead atoms. The van der Waals surface area contributed by atoms with Gasteiger partial charge in [0.25, 0.3) is 5.56 Å². The van der Waals surface area contributed by atoms with E-state index < -0.39 is 35.7 Å². The molecule has 0 spiro atoms. The van der Waals surface area contributed by atoms with Crippen LogP contribution in [0.1, 0.15) is 26.3 Å². The Morgan fingerprint density at radius 3 is 2.54 bits per heavy atom. The van der Waals surface area contributed by atoms with Crippen molar-refractivity contribution in [2.75, 3.05) is 6.54 Å². The molecule has 2 rings (SSSR count). The van der Waals surface area contributed by atoms with Gasteiger partial charge >= 0.3 is 11.7 Å². The zero-order valence-electron chi connectivity index (χ0n) is 13.4. The highest BCUT2D eigenvalue weighted by Gasteiger charge is 2.26. The Kier molecular flexibility index (Phi) is 5.18. The minimum absolute atomic E-state index is 0.0170. The van der Waals surface area contributed by atoms with E-state index in [1.165, 1.54) is 0 Å². The number of carbonyl (C=O) groups is 2. The number of H-pyrrole nitrogens is 1. The number of fused-ring (bicyclic) bond motifs is 1. The molecular formula is C16H19N3O5. The number of aromatic nitrogens is 2. The molecule has 2 aromatic rings. The molecule has 1 unspecified atom stereocenters. The van der Waals surface area contributed by atoms with Crippen molar-refractivity contribution >= 4 is 22.8 Å². The van der Waals surface area contributed by atoms with Gasteiger partial charge in [0.05, 0.1) is 10.9 Å². The number of nitrogens with zero attached hydrogens (tertiary/aromatic N) is 1. The Morgan fingerprint density at radius 2 is 1.92 bits per heavy atom. The van der Waals surface area contributed by atoms with E-state index in [4.69, 9.17) is 5.11 Å². The summed E-state index contributed by atoms with van der Waals surface area (Å²) in [4.78, 5) is 50.6. The number of hydrogen-bond acceptors (Lipinski definition) is 4. The van der Waals surface area contributed by atoms with Crippen molar-refractivity contribution in [2.45, 2.75) is 26.3 Å². The van der Waals surface area contributed by atoms with Gasteiger partial charge < -0.3 is 15.4 Å². The minimum Gasteiger partial charge on any atom is -0.480 e. The first-order chi connectivity index (χ1) is 11.3. The molecule has 0 radical (unpaired) electrons. The highest BCUT2D eigenvalue weighted by Crippen LogP contribution is 2.16. The first kappa shape index (κ1) is 17.5. The highest BCUT2D eigenvalue weighted by atomic mass is 16.4. The molecule has 1 aromatic carbocycles. The second-order valence-electron chi connectivity index (χ2n) is 5.91. The van der Waals surface area contributed by atoms with Gasteiger partial charge in [-0.25, -0.2) is 9.36 Å². The van der Waals surface area contributed by atoms with Gasteiger partial charge in [0.15, 0.2) is 0 Å². The first-order valence-electron chi connectivity index (χ1n) is 7.54. The lowest BCUT2D eigenvalue weighted by atomic mass is 10.0. The maximum absolute atomic E-state index is 12.7. The largest absolute Gasteiger partial charge is 0.480 e. The number of carbonyl (C=O) groups excluding carboxylic acids is 1. The van der Waals surface area contributed by atoms with Crippen LogP contribution in [-0.2, 0) is 9.59 Å². The molecule has 128 valence electrons. The van der Waals surface area contributed by atoms with E-state index in [2.05, 4.69) is 10.3 Å². The van der Waals surface area contributed by atoms with Crippen LogP contribution < -0.4 is 16.6 Å². The predicted molar refractivity (Wildman–Crippen MR) is 88.0 cm³/mol. The molecule has 0 aliphatic heterocycles.